The van der Waals surface area contributed by atoms with Crippen LogP contribution in [0.15, 0.2) is 48.9 Å². The zero-order chi connectivity index (χ0) is 20.5. The van der Waals surface area contributed by atoms with Crippen molar-refractivity contribution < 1.29 is 9.59 Å². The van der Waals surface area contributed by atoms with Gasteiger partial charge in [0, 0.05) is 49.9 Å². The summed E-state index contributed by atoms with van der Waals surface area (Å²) in [5.74, 6) is 1.44. The molecule has 2 N–H and O–H groups in total. The van der Waals surface area contributed by atoms with Gasteiger partial charge in [-0.1, -0.05) is 6.08 Å². The molecule has 30 heavy (non-hydrogen) atoms. The first-order valence-corrected chi connectivity index (χ1v) is 10.2. The molecule has 2 atom stereocenters. The maximum Gasteiger partial charge on any atom is 0.246 e. The lowest BCUT2D eigenvalue weighted by atomic mass is 9.99. The number of allylic oxidation sites excluding steroid dienone is 1. The van der Waals surface area contributed by atoms with Gasteiger partial charge in [0.2, 0.25) is 11.8 Å². The minimum atomic E-state index is -0.0968. The second-order valence-corrected chi connectivity index (χ2v) is 8.06. The van der Waals surface area contributed by atoms with Gasteiger partial charge in [0.25, 0.3) is 0 Å². The van der Waals surface area contributed by atoms with Crippen LogP contribution in [0.4, 0.5) is 5.82 Å². The number of aromatic nitrogens is 2. The number of rotatable bonds is 3. The Morgan fingerprint density at radius 1 is 1.20 bits per heavy atom. The topological polar surface area (TPSA) is 87.2 Å². The van der Waals surface area contributed by atoms with E-state index < -0.39 is 0 Å². The molecule has 2 amide bonds. The van der Waals surface area contributed by atoms with Crippen molar-refractivity contribution in [1.29, 1.82) is 0 Å². The third-order valence-electron chi connectivity index (χ3n) is 6.02. The molecular formula is C23H23N5O2. The van der Waals surface area contributed by atoms with Crippen molar-refractivity contribution in [1.82, 2.24) is 20.2 Å². The number of carbonyl (C=O) groups excluding carboxylic acids is 2. The number of amides is 2. The van der Waals surface area contributed by atoms with Gasteiger partial charge in [-0.05, 0) is 59.2 Å². The summed E-state index contributed by atoms with van der Waals surface area (Å²) in [5, 5.41) is 5.84. The van der Waals surface area contributed by atoms with E-state index in [0.29, 0.717) is 24.2 Å². The van der Waals surface area contributed by atoms with Crippen LogP contribution < -0.4 is 10.6 Å². The molecule has 2 aromatic heterocycles. The van der Waals surface area contributed by atoms with E-state index >= 15 is 0 Å². The Balaban J connectivity index is 1.23. The minimum absolute atomic E-state index is 0.0321. The fraction of sp³-hybridized carbons (Fsp3) is 0.304. The second kappa shape index (κ2) is 7.84. The standard InChI is InChI=1S/C23H23N5O2/c29-21-12-25-11-18-7-15(10-26-23(18)27-21)1-2-22(30)28-13-19-8-17(9-20(19)14-28)16-3-5-24-6-4-16/h1-8,10,19-20,25H,9,11-14H2,(H,26,27,29)/b2-1+. The molecule has 1 aliphatic carbocycles. The molecular weight excluding hydrogens is 378 g/mol. The number of anilines is 1. The van der Waals surface area contributed by atoms with E-state index in [2.05, 4.69) is 26.7 Å². The van der Waals surface area contributed by atoms with E-state index in [1.54, 1.807) is 18.3 Å². The molecule has 1 fully saturated rings. The number of likely N-dealkylation sites (tertiary alicyclic amines) is 1. The highest BCUT2D eigenvalue weighted by molar-refractivity contribution is 5.93. The summed E-state index contributed by atoms with van der Waals surface area (Å²) in [6.45, 7) is 2.39. The van der Waals surface area contributed by atoms with Crippen LogP contribution in [0.2, 0.25) is 0 Å². The summed E-state index contributed by atoms with van der Waals surface area (Å²) in [6, 6.07) is 6.05. The van der Waals surface area contributed by atoms with Crippen LogP contribution in [0.25, 0.3) is 11.6 Å². The number of pyridine rings is 2. The van der Waals surface area contributed by atoms with Crippen molar-refractivity contribution in [3.8, 4) is 0 Å². The molecule has 0 saturated carbocycles. The van der Waals surface area contributed by atoms with Crippen LogP contribution >= 0.6 is 0 Å². The number of fused-ring (bicyclic) bond motifs is 2. The Hall–Kier alpha value is -3.32. The smallest absolute Gasteiger partial charge is 0.246 e. The van der Waals surface area contributed by atoms with E-state index in [0.717, 1.165) is 30.6 Å². The normalized spacial score (nSPS) is 23.0. The second-order valence-electron chi connectivity index (χ2n) is 8.06. The molecule has 0 spiro atoms. The maximum absolute atomic E-state index is 12.7. The van der Waals surface area contributed by atoms with Gasteiger partial charge < -0.3 is 15.5 Å². The zero-order valence-corrected chi connectivity index (χ0v) is 16.5. The predicted molar refractivity (Wildman–Crippen MR) is 114 cm³/mol. The van der Waals surface area contributed by atoms with Crippen LogP contribution in [0, 0.1) is 11.8 Å². The Labute approximate surface area is 174 Å². The van der Waals surface area contributed by atoms with Gasteiger partial charge in [-0.3, -0.25) is 14.6 Å². The average Bonchev–Trinajstić information content (AvgIpc) is 3.28. The van der Waals surface area contributed by atoms with Gasteiger partial charge >= 0.3 is 0 Å². The fourth-order valence-corrected chi connectivity index (χ4v) is 4.50. The number of hydrogen-bond donors (Lipinski definition) is 2. The molecule has 3 aliphatic rings. The van der Waals surface area contributed by atoms with Gasteiger partial charge in [0.05, 0.1) is 6.54 Å². The molecule has 152 valence electrons. The van der Waals surface area contributed by atoms with Crippen LogP contribution in [0.5, 0.6) is 0 Å². The lowest BCUT2D eigenvalue weighted by molar-refractivity contribution is -0.125. The Morgan fingerprint density at radius 3 is 2.90 bits per heavy atom. The van der Waals surface area contributed by atoms with Crippen molar-refractivity contribution >= 4 is 29.3 Å². The summed E-state index contributed by atoms with van der Waals surface area (Å²) < 4.78 is 0. The fourth-order valence-electron chi connectivity index (χ4n) is 4.50. The molecule has 1 saturated heterocycles. The van der Waals surface area contributed by atoms with E-state index in [1.807, 2.05) is 35.5 Å². The van der Waals surface area contributed by atoms with Crippen molar-refractivity contribution in [3.63, 3.8) is 0 Å². The van der Waals surface area contributed by atoms with Gasteiger partial charge in [0.15, 0.2) is 0 Å². The molecule has 2 unspecified atom stereocenters. The first-order chi connectivity index (χ1) is 14.7. The molecule has 2 aliphatic heterocycles. The van der Waals surface area contributed by atoms with Gasteiger partial charge in [-0.2, -0.15) is 0 Å². The lowest BCUT2D eigenvalue weighted by Gasteiger charge is -2.15. The van der Waals surface area contributed by atoms with E-state index in [9.17, 15) is 9.59 Å². The summed E-state index contributed by atoms with van der Waals surface area (Å²) in [6.07, 6.45) is 12.1. The van der Waals surface area contributed by atoms with Gasteiger partial charge in [-0.25, -0.2) is 4.98 Å². The third kappa shape index (κ3) is 3.76. The molecule has 4 heterocycles. The lowest BCUT2D eigenvalue weighted by Crippen LogP contribution is -2.27. The van der Waals surface area contributed by atoms with Gasteiger partial charge in [-0.15, -0.1) is 0 Å². The average molecular weight is 401 g/mol. The van der Waals surface area contributed by atoms with E-state index in [4.69, 9.17) is 0 Å². The Kier molecular flexibility index (Phi) is 4.88. The highest BCUT2D eigenvalue weighted by Crippen LogP contribution is 2.40. The predicted octanol–water partition coefficient (Wildman–Crippen LogP) is 2.09. The summed E-state index contributed by atoms with van der Waals surface area (Å²) in [4.78, 5) is 34.7. The zero-order valence-electron chi connectivity index (χ0n) is 16.5. The van der Waals surface area contributed by atoms with Gasteiger partial charge in [0.1, 0.15) is 5.82 Å². The number of hydrogen-bond acceptors (Lipinski definition) is 5. The number of nitrogens with one attached hydrogen (secondary N) is 2. The van der Waals surface area contributed by atoms with Crippen molar-refractivity contribution in [3.05, 3.63) is 65.6 Å². The quantitative estimate of drug-likeness (QED) is 0.769. The van der Waals surface area contributed by atoms with E-state index in [-0.39, 0.29) is 18.4 Å². The SMILES string of the molecule is O=C1CNCc2cc(/C=C/C(=O)N3CC4C=C(c5ccncc5)CC4C3)cnc2N1. The Bertz CT molecular complexity index is 1050. The molecule has 0 radical (unpaired) electrons. The summed E-state index contributed by atoms with van der Waals surface area (Å²) in [7, 11) is 0. The Morgan fingerprint density at radius 2 is 2.07 bits per heavy atom. The maximum atomic E-state index is 12.7. The molecule has 0 aromatic carbocycles. The molecule has 2 aromatic rings. The van der Waals surface area contributed by atoms with Crippen molar-refractivity contribution in [2.24, 2.45) is 11.8 Å². The molecule has 7 heteroatoms. The first kappa shape index (κ1) is 18.7. The monoisotopic (exact) mass is 401 g/mol. The highest BCUT2D eigenvalue weighted by Gasteiger charge is 2.37. The summed E-state index contributed by atoms with van der Waals surface area (Å²) >= 11 is 0. The molecule has 0 bridgehead atoms. The van der Waals surface area contributed by atoms with Crippen molar-refractivity contribution in [2.75, 3.05) is 25.0 Å². The first-order valence-electron chi connectivity index (χ1n) is 10.2. The molecule has 5 rings (SSSR count). The van der Waals surface area contributed by atoms with Crippen LogP contribution in [0.1, 0.15) is 23.1 Å². The highest BCUT2D eigenvalue weighted by atomic mass is 16.2. The van der Waals surface area contributed by atoms with E-state index in [1.165, 1.54) is 11.1 Å². The van der Waals surface area contributed by atoms with Crippen LogP contribution in [-0.2, 0) is 16.1 Å². The summed E-state index contributed by atoms with van der Waals surface area (Å²) in [5.41, 5.74) is 4.37. The number of carbonyl (C=O) groups is 2. The van der Waals surface area contributed by atoms with Crippen molar-refractivity contribution in [2.45, 2.75) is 13.0 Å². The van der Waals surface area contributed by atoms with Crippen LogP contribution in [0.3, 0.4) is 0 Å². The minimum Gasteiger partial charge on any atom is -0.338 e. The number of nitrogens with zero attached hydrogens (tertiary/aromatic N) is 3. The molecule has 7 nitrogen and oxygen atoms in total. The van der Waals surface area contributed by atoms with Crippen LogP contribution in [-0.4, -0.2) is 46.3 Å². The third-order valence-corrected chi connectivity index (χ3v) is 6.02. The largest absolute Gasteiger partial charge is 0.338 e.